The van der Waals surface area contributed by atoms with Crippen LogP contribution < -0.4 is 5.32 Å². The summed E-state index contributed by atoms with van der Waals surface area (Å²) in [6.45, 7) is 4.00. The minimum atomic E-state index is 0.0937. The predicted octanol–water partition coefficient (Wildman–Crippen LogP) is 0.0389. The van der Waals surface area contributed by atoms with Gasteiger partial charge in [-0.25, -0.2) is 0 Å². The summed E-state index contributed by atoms with van der Waals surface area (Å²) in [7, 11) is 0. The van der Waals surface area contributed by atoms with Crippen molar-refractivity contribution in [1.82, 2.24) is 15.5 Å². The summed E-state index contributed by atoms with van der Waals surface area (Å²) in [5.41, 5.74) is 0. The number of ether oxygens (including phenoxy) is 1. The SMILES string of the molecule is Cc1nc(C2COCCN2)no1. The highest BCUT2D eigenvalue weighted by molar-refractivity contribution is 4.94. The lowest BCUT2D eigenvalue weighted by Gasteiger charge is -2.20. The number of morpholine rings is 1. The molecule has 0 aliphatic carbocycles. The van der Waals surface area contributed by atoms with Crippen LogP contribution in [0.1, 0.15) is 17.8 Å². The van der Waals surface area contributed by atoms with Crippen LogP contribution in [0.15, 0.2) is 4.52 Å². The summed E-state index contributed by atoms with van der Waals surface area (Å²) in [5.74, 6) is 1.28. The topological polar surface area (TPSA) is 60.2 Å². The summed E-state index contributed by atoms with van der Waals surface area (Å²) in [5, 5.41) is 7.05. The van der Waals surface area contributed by atoms with E-state index in [-0.39, 0.29) is 6.04 Å². The summed E-state index contributed by atoms with van der Waals surface area (Å²) in [4.78, 5) is 4.11. The fraction of sp³-hybridized carbons (Fsp3) is 0.714. The van der Waals surface area contributed by atoms with E-state index in [9.17, 15) is 0 Å². The van der Waals surface area contributed by atoms with E-state index in [1.54, 1.807) is 6.92 Å². The zero-order valence-corrected chi connectivity index (χ0v) is 6.91. The quantitative estimate of drug-likeness (QED) is 0.643. The number of rotatable bonds is 1. The summed E-state index contributed by atoms with van der Waals surface area (Å²) in [6, 6.07) is 0.0937. The third-order valence-electron chi connectivity index (χ3n) is 1.78. The van der Waals surface area contributed by atoms with Gasteiger partial charge in [-0.3, -0.25) is 0 Å². The van der Waals surface area contributed by atoms with Crippen LogP contribution in [-0.4, -0.2) is 29.9 Å². The standard InChI is InChI=1S/C7H11N3O2/c1-5-9-7(10-12-5)6-4-11-3-2-8-6/h6,8H,2-4H2,1H3. The van der Waals surface area contributed by atoms with Crippen LogP contribution >= 0.6 is 0 Å². The maximum absolute atomic E-state index is 5.26. The van der Waals surface area contributed by atoms with Gasteiger partial charge in [0.05, 0.1) is 19.3 Å². The first-order valence-electron chi connectivity index (χ1n) is 3.97. The highest BCUT2D eigenvalue weighted by atomic mass is 16.5. The molecule has 2 heterocycles. The molecule has 1 aliphatic rings. The normalized spacial score (nSPS) is 24.2. The molecule has 0 saturated carbocycles. The highest BCUT2D eigenvalue weighted by Gasteiger charge is 2.19. The van der Waals surface area contributed by atoms with E-state index in [0.29, 0.717) is 18.3 Å². The molecule has 1 atom stereocenters. The van der Waals surface area contributed by atoms with Gasteiger partial charge < -0.3 is 14.6 Å². The zero-order chi connectivity index (χ0) is 8.39. The predicted molar refractivity (Wildman–Crippen MR) is 40.6 cm³/mol. The van der Waals surface area contributed by atoms with Gasteiger partial charge in [0.2, 0.25) is 5.89 Å². The largest absolute Gasteiger partial charge is 0.378 e. The molecule has 0 amide bonds. The molecule has 1 unspecified atom stereocenters. The van der Waals surface area contributed by atoms with Gasteiger partial charge in [0, 0.05) is 13.5 Å². The van der Waals surface area contributed by atoms with Crippen LogP contribution in [0.5, 0.6) is 0 Å². The Balaban J connectivity index is 2.08. The van der Waals surface area contributed by atoms with Crippen LogP contribution in [0, 0.1) is 6.92 Å². The van der Waals surface area contributed by atoms with E-state index in [1.807, 2.05) is 0 Å². The second kappa shape index (κ2) is 3.20. The summed E-state index contributed by atoms with van der Waals surface area (Å²) >= 11 is 0. The maximum atomic E-state index is 5.26. The molecule has 66 valence electrons. The number of aromatic nitrogens is 2. The summed E-state index contributed by atoms with van der Waals surface area (Å²) in [6.07, 6.45) is 0. The van der Waals surface area contributed by atoms with Crippen LogP contribution in [0.3, 0.4) is 0 Å². The van der Waals surface area contributed by atoms with Crippen LogP contribution in [-0.2, 0) is 4.74 Å². The highest BCUT2D eigenvalue weighted by Crippen LogP contribution is 2.11. The molecule has 1 aromatic rings. The third kappa shape index (κ3) is 1.46. The third-order valence-corrected chi connectivity index (χ3v) is 1.78. The minimum Gasteiger partial charge on any atom is -0.378 e. The van der Waals surface area contributed by atoms with Gasteiger partial charge in [-0.15, -0.1) is 0 Å². The average molecular weight is 169 g/mol. The van der Waals surface area contributed by atoms with Gasteiger partial charge in [-0.05, 0) is 0 Å². The molecule has 1 fully saturated rings. The van der Waals surface area contributed by atoms with Gasteiger partial charge in [0.15, 0.2) is 5.82 Å². The Bertz CT molecular complexity index is 255. The first kappa shape index (κ1) is 7.70. The lowest BCUT2D eigenvalue weighted by atomic mass is 10.3. The second-order valence-corrected chi connectivity index (χ2v) is 2.75. The van der Waals surface area contributed by atoms with Gasteiger partial charge in [-0.2, -0.15) is 4.98 Å². The molecule has 1 N–H and O–H groups in total. The fourth-order valence-electron chi connectivity index (χ4n) is 1.19. The molecule has 0 spiro atoms. The number of nitrogens with zero attached hydrogens (tertiary/aromatic N) is 2. The molecule has 1 aliphatic heterocycles. The zero-order valence-electron chi connectivity index (χ0n) is 6.91. The van der Waals surface area contributed by atoms with E-state index in [1.165, 1.54) is 0 Å². The van der Waals surface area contributed by atoms with E-state index in [4.69, 9.17) is 9.26 Å². The van der Waals surface area contributed by atoms with Crippen LogP contribution in [0.2, 0.25) is 0 Å². The number of nitrogens with one attached hydrogen (secondary N) is 1. The first-order valence-corrected chi connectivity index (χ1v) is 3.97. The van der Waals surface area contributed by atoms with Crippen molar-refractivity contribution in [2.24, 2.45) is 0 Å². The Morgan fingerprint density at radius 3 is 3.08 bits per heavy atom. The van der Waals surface area contributed by atoms with Crippen molar-refractivity contribution in [2.45, 2.75) is 13.0 Å². The number of aryl methyl sites for hydroxylation is 1. The minimum absolute atomic E-state index is 0.0937. The Labute approximate surface area is 70.1 Å². The average Bonchev–Trinajstić information content (AvgIpc) is 2.54. The molecular weight excluding hydrogens is 158 g/mol. The molecule has 2 rings (SSSR count). The van der Waals surface area contributed by atoms with Crippen molar-refractivity contribution < 1.29 is 9.26 Å². The molecular formula is C7H11N3O2. The fourth-order valence-corrected chi connectivity index (χ4v) is 1.19. The first-order chi connectivity index (χ1) is 5.86. The van der Waals surface area contributed by atoms with Crippen molar-refractivity contribution in [3.05, 3.63) is 11.7 Å². The lowest BCUT2D eigenvalue weighted by molar-refractivity contribution is 0.0734. The second-order valence-electron chi connectivity index (χ2n) is 2.75. The van der Waals surface area contributed by atoms with Gasteiger partial charge in [-0.1, -0.05) is 5.16 Å². The molecule has 5 heteroatoms. The molecule has 0 bridgehead atoms. The molecule has 0 aromatic carbocycles. The summed E-state index contributed by atoms with van der Waals surface area (Å²) < 4.78 is 10.1. The lowest BCUT2D eigenvalue weighted by Crippen LogP contribution is -2.35. The smallest absolute Gasteiger partial charge is 0.223 e. The molecule has 1 aromatic heterocycles. The van der Waals surface area contributed by atoms with Crippen molar-refractivity contribution >= 4 is 0 Å². The van der Waals surface area contributed by atoms with Crippen molar-refractivity contribution in [3.63, 3.8) is 0 Å². The van der Waals surface area contributed by atoms with Crippen molar-refractivity contribution in [1.29, 1.82) is 0 Å². The molecule has 0 radical (unpaired) electrons. The van der Waals surface area contributed by atoms with Gasteiger partial charge in [0.25, 0.3) is 0 Å². The van der Waals surface area contributed by atoms with E-state index in [2.05, 4.69) is 15.5 Å². The molecule has 1 saturated heterocycles. The monoisotopic (exact) mass is 169 g/mol. The van der Waals surface area contributed by atoms with E-state index >= 15 is 0 Å². The molecule has 12 heavy (non-hydrogen) atoms. The Morgan fingerprint density at radius 2 is 2.50 bits per heavy atom. The van der Waals surface area contributed by atoms with Gasteiger partial charge in [0.1, 0.15) is 0 Å². The van der Waals surface area contributed by atoms with Gasteiger partial charge >= 0.3 is 0 Å². The molecule has 5 nitrogen and oxygen atoms in total. The van der Waals surface area contributed by atoms with Crippen LogP contribution in [0.4, 0.5) is 0 Å². The number of hydrogen-bond donors (Lipinski definition) is 1. The Morgan fingerprint density at radius 1 is 1.58 bits per heavy atom. The van der Waals surface area contributed by atoms with Crippen molar-refractivity contribution in [3.8, 4) is 0 Å². The van der Waals surface area contributed by atoms with Crippen LogP contribution in [0.25, 0.3) is 0 Å². The van der Waals surface area contributed by atoms with E-state index in [0.717, 1.165) is 13.2 Å². The maximum Gasteiger partial charge on any atom is 0.223 e. The Kier molecular flexibility index (Phi) is 2.05. The van der Waals surface area contributed by atoms with E-state index < -0.39 is 0 Å². The number of hydrogen-bond acceptors (Lipinski definition) is 5. The Hall–Kier alpha value is -0.940. The van der Waals surface area contributed by atoms with Crippen molar-refractivity contribution in [2.75, 3.05) is 19.8 Å².